The summed E-state index contributed by atoms with van der Waals surface area (Å²) in [6, 6.07) is 3.97. The van der Waals surface area contributed by atoms with Crippen molar-refractivity contribution in [2.24, 2.45) is 0 Å². The van der Waals surface area contributed by atoms with E-state index in [9.17, 15) is 14.5 Å². The number of piperazine rings is 1. The van der Waals surface area contributed by atoms with Crippen LogP contribution in [0.3, 0.4) is 0 Å². The summed E-state index contributed by atoms with van der Waals surface area (Å²) in [5.41, 5.74) is 0.192. The number of anilines is 3. The predicted molar refractivity (Wildman–Crippen MR) is 97.7 cm³/mol. The van der Waals surface area contributed by atoms with Crippen molar-refractivity contribution in [3.63, 3.8) is 0 Å². The van der Waals surface area contributed by atoms with Crippen LogP contribution in [-0.4, -0.2) is 52.5 Å². The van der Waals surface area contributed by atoms with Crippen LogP contribution in [-0.2, 0) is 0 Å². The van der Waals surface area contributed by atoms with Gasteiger partial charge in [0, 0.05) is 31.9 Å². The van der Waals surface area contributed by atoms with Gasteiger partial charge in [-0.3, -0.25) is 10.1 Å². The van der Waals surface area contributed by atoms with Crippen molar-refractivity contribution in [2.45, 2.75) is 6.92 Å². The molecular formula is C16H18ClFN6O2. The van der Waals surface area contributed by atoms with Crippen LogP contribution >= 0.6 is 11.6 Å². The molecule has 0 bridgehead atoms. The van der Waals surface area contributed by atoms with Gasteiger partial charge in [0.1, 0.15) is 12.1 Å². The Morgan fingerprint density at radius 1 is 1.31 bits per heavy atom. The largest absolute Gasteiger partial charge is 0.353 e. The Hall–Kier alpha value is -2.52. The molecule has 1 aromatic heterocycles. The molecule has 0 aliphatic carbocycles. The second-order valence-electron chi connectivity index (χ2n) is 5.83. The summed E-state index contributed by atoms with van der Waals surface area (Å²) in [4.78, 5) is 23.5. The number of aromatic nitrogens is 2. The smallest absolute Gasteiger partial charge is 0.348 e. The zero-order valence-electron chi connectivity index (χ0n) is 14.2. The SMILES string of the molecule is CCN1CCN(c2ncnc(Nc3ccc(F)c(Cl)c3)c2[N+](=O)[O-])CC1. The van der Waals surface area contributed by atoms with E-state index in [1.165, 1.54) is 24.5 Å². The van der Waals surface area contributed by atoms with Gasteiger partial charge in [0.2, 0.25) is 11.6 Å². The highest BCUT2D eigenvalue weighted by Gasteiger charge is 2.29. The summed E-state index contributed by atoms with van der Waals surface area (Å²) in [7, 11) is 0. The van der Waals surface area contributed by atoms with Crippen LogP contribution < -0.4 is 10.2 Å². The third kappa shape index (κ3) is 3.83. The van der Waals surface area contributed by atoms with Gasteiger partial charge in [0.15, 0.2) is 0 Å². The van der Waals surface area contributed by atoms with Crippen molar-refractivity contribution in [2.75, 3.05) is 42.9 Å². The van der Waals surface area contributed by atoms with Gasteiger partial charge in [-0.25, -0.2) is 14.4 Å². The van der Waals surface area contributed by atoms with Crippen LogP contribution in [0.5, 0.6) is 0 Å². The standard InChI is InChI=1S/C16H18ClFN6O2/c1-2-22-5-7-23(8-6-22)16-14(24(25)26)15(19-10-20-16)21-11-3-4-13(18)12(17)9-11/h3-4,9-10H,2,5-8H2,1H3,(H,19,20,21). The normalized spacial score (nSPS) is 15.1. The van der Waals surface area contributed by atoms with E-state index in [0.717, 1.165) is 19.6 Å². The molecule has 1 fully saturated rings. The quantitative estimate of drug-likeness (QED) is 0.630. The highest BCUT2D eigenvalue weighted by molar-refractivity contribution is 6.31. The highest BCUT2D eigenvalue weighted by atomic mass is 35.5. The summed E-state index contributed by atoms with van der Waals surface area (Å²) in [5, 5.41) is 14.4. The molecule has 1 aliphatic rings. The molecule has 138 valence electrons. The van der Waals surface area contributed by atoms with E-state index >= 15 is 0 Å². The number of nitrogens with one attached hydrogen (secondary N) is 1. The van der Waals surface area contributed by atoms with Crippen molar-refractivity contribution in [1.82, 2.24) is 14.9 Å². The van der Waals surface area contributed by atoms with Gasteiger partial charge in [0.05, 0.1) is 9.95 Å². The minimum Gasteiger partial charge on any atom is -0.348 e. The molecule has 2 heterocycles. The Labute approximate surface area is 154 Å². The van der Waals surface area contributed by atoms with Crippen molar-refractivity contribution >= 4 is 34.6 Å². The molecule has 8 nitrogen and oxygen atoms in total. The third-order valence-corrected chi connectivity index (χ3v) is 4.58. The minimum atomic E-state index is -0.566. The van der Waals surface area contributed by atoms with Gasteiger partial charge in [-0.1, -0.05) is 18.5 Å². The van der Waals surface area contributed by atoms with Crippen LogP contribution in [0.2, 0.25) is 5.02 Å². The van der Waals surface area contributed by atoms with Gasteiger partial charge in [-0.2, -0.15) is 0 Å². The Kier molecular flexibility index (Phi) is 5.48. The lowest BCUT2D eigenvalue weighted by atomic mass is 10.2. The van der Waals surface area contributed by atoms with E-state index in [-0.39, 0.29) is 22.3 Å². The summed E-state index contributed by atoms with van der Waals surface area (Å²) in [5.74, 6) is -0.249. The number of hydrogen-bond donors (Lipinski definition) is 1. The van der Waals surface area contributed by atoms with Gasteiger partial charge >= 0.3 is 5.69 Å². The average molecular weight is 381 g/mol. The molecule has 1 aromatic carbocycles. The first-order chi connectivity index (χ1) is 12.5. The molecule has 0 unspecified atom stereocenters. The number of benzene rings is 1. The molecule has 0 radical (unpaired) electrons. The van der Waals surface area contributed by atoms with E-state index in [4.69, 9.17) is 11.6 Å². The van der Waals surface area contributed by atoms with E-state index in [1.807, 2.05) is 4.90 Å². The summed E-state index contributed by atoms with van der Waals surface area (Å²) in [6.45, 7) is 5.94. The second kappa shape index (κ2) is 7.79. The molecule has 0 saturated carbocycles. The summed E-state index contributed by atoms with van der Waals surface area (Å²) < 4.78 is 13.3. The second-order valence-corrected chi connectivity index (χ2v) is 6.23. The molecule has 0 amide bonds. The molecule has 1 aliphatic heterocycles. The predicted octanol–water partition coefficient (Wildman–Crippen LogP) is 3.06. The zero-order valence-corrected chi connectivity index (χ0v) is 14.9. The Morgan fingerprint density at radius 3 is 2.65 bits per heavy atom. The fourth-order valence-electron chi connectivity index (χ4n) is 2.85. The molecule has 0 atom stereocenters. The third-order valence-electron chi connectivity index (χ3n) is 4.29. The van der Waals surface area contributed by atoms with Crippen molar-refractivity contribution in [3.05, 3.63) is 45.5 Å². The number of hydrogen-bond acceptors (Lipinski definition) is 7. The number of rotatable bonds is 5. The van der Waals surface area contributed by atoms with E-state index in [2.05, 4.69) is 27.1 Å². The Balaban J connectivity index is 1.91. The highest BCUT2D eigenvalue weighted by Crippen LogP contribution is 2.34. The fraction of sp³-hybridized carbons (Fsp3) is 0.375. The molecule has 26 heavy (non-hydrogen) atoms. The van der Waals surface area contributed by atoms with Crippen LogP contribution in [0.1, 0.15) is 6.92 Å². The first-order valence-electron chi connectivity index (χ1n) is 8.18. The lowest BCUT2D eigenvalue weighted by molar-refractivity contribution is -0.383. The molecule has 1 N–H and O–H groups in total. The van der Waals surface area contributed by atoms with Gasteiger partial charge in [0.25, 0.3) is 0 Å². The van der Waals surface area contributed by atoms with Crippen molar-refractivity contribution < 1.29 is 9.31 Å². The maximum atomic E-state index is 13.3. The number of nitro groups is 1. The maximum absolute atomic E-state index is 13.3. The maximum Gasteiger partial charge on any atom is 0.353 e. The minimum absolute atomic E-state index is 0.0422. The Bertz CT molecular complexity index is 813. The molecule has 0 spiro atoms. The fourth-order valence-corrected chi connectivity index (χ4v) is 3.03. The monoisotopic (exact) mass is 380 g/mol. The molecule has 3 rings (SSSR count). The van der Waals surface area contributed by atoms with E-state index in [1.54, 1.807) is 0 Å². The molecular weight excluding hydrogens is 363 g/mol. The van der Waals surface area contributed by atoms with Crippen LogP contribution in [0.4, 0.5) is 27.4 Å². The van der Waals surface area contributed by atoms with Crippen LogP contribution in [0.15, 0.2) is 24.5 Å². The van der Waals surface area contributed by atoms with Gasteiger partial charge < -0.3 is 15.1 Å². The summed E-state index contributed by atoms with van der Waals surface area (Å²) in [6.07, 6.45) is 1.28. The van der Waals surface area contributed by atoms with E-state index in [0.29, 0.717) is 18.8 Å². The lowest BCUT2D eigenvalue weighted by Gasteiger charge is -2.34. The topological polar surface area (TPSA) is 87.4 Å². The number of likely N-dealkylation sites (N-methyl/N-ethyl adjacent to an activating group) is 1. The van der Waals surface area contributed by atoms with Crippen molar-refractivity contribution in [3.8, 4) is 0 Å². The lowest BCUT2D eigenvalue weighted by Crippen LogP contribution is -2.46. The molecule has 1 saturated heterocycles. The first kappa shape index (κ1) is 18.3. The van der Waals surface area contributed by atoms with Crippen LogP contribution in [0.25, 0.3) is 0 Å². The van der Waals surface area contributed by atoms with Crippen molar-refractivity contribution in [1.29, 1.82) is 0 Å². The first-order valence-corrected chi connectivity index (χ1v) is 8.56. The zero-order chi connectivity index (χ0) is 18.7. The number of nitrogens with zero attached hydrogens (tertiary/aromatic N) is 5. The van der Waals surface area contributed by atoms with Gasteiger partial charge in [-0.15, -0.1) is 0 Å². The molecule has 10 heteroatoms. The molecule has 2 aromatic rings. The van der Waals surface area contributed by atoms with Gasteiger partial charge in [-0.05, 0) is 24.7 Å². The van der Waals surface area contributed by atoms with E-state index < -0.39 is 10.7 Å². The Morgan fingerprint density at radius 2 is 2.04 bits per heavy atom. The van der Waals surface area contributed by atoms with Crippen LogP contribution in [0, 0.1) is 15.9 Å². The number of halogens is 2. The summed E-state index contributed by atoms with van der Waals surface area (Å²) >= 11 is 5.77. The average Bonchev–Trinajstić information content (AvgIpc) is 2.64.